The summed E-state index contributed by atoms with van der Waals surface area (Å²) < 4.78 is 96.2. The Kier molecular flexibility index (Phi) is 5.36. The first-order valence-electron chi connectivity index (χ1n) is 7.88. The van der Waals surface area contributed by atoms with Crippen LogP contribution in [0, 0.1) is 5.82 Å². The molecule has 0 bridgehead atoms. The van der Waals surface area contributed by atoms with Crippen LogP contribution in [0.1, 0.15) is 0 Å². The third kappa shape index (κ3) is 5.59. The summed E-state index contributed by atoms with van der Waals surface area (Å²) in [7, 11) is 0. The first-order valence-corrected chi connectivity index (χ1v) is 7.88. The molecule has 10 heteroatoms. The number of hydrogen-bond donors (Lipinski definition) is 0. The summed E-state index contributed by atoms with van der Waals surface area (Å²) >= 11 is 0. The van der Waals surface area contributed by atoms with E-state index in [-0.39, 0.29) is 22.4 Å². The molecule has 0 amide bonds. The molecule has 0 fully saturated rings. The maximum Gasteiger partial charge on any atom is 0.573 e. The molecule has 3 rings (SSSR count). The summed E-state index contributed by atoms with van der Waals surface area (Å²) in [6, 6.07) is 10.5. The van der Waals surface area contributed by atoms with E-state index in [4.69, 9.17) is 0 Å². The average Bonchev–Trinajstić information content (AvgIpc) is 2.59. The summed E-state index contributed by atoms with van der Waals surface area (Å²) in [5, 5.41) is 0. The van der Waals surface area contributed by atoms with Crippen molar-refractivity contribution in [2.45, 2.75) is 12.7 Å². The Hall–Kier alpha value is -3.30. The lowest BCUT2D eigenvalue weighted by molar-refractivity contribution is -0.275. The van der Waals surface area contributed by atoms with Gasteiger partial charge in [0, 0.05) is 17.3 Å². The SMILES string of the molecule is Fc1cc(-c2cccc(OC(F)(F)F)c2)cnc1-c1cccc(OC(F)(F)F)c1. The highest BCUT2D eigenvalue weighted by Gasteiger charge is 2.32. The summed E-state index contributed by atoms with van der Waals surface area (Å²) in [4.78, 5) is 3.89. The first kappa shape index (κ1) is 20.4. The molecule has 29 heavy (non-hydrogen) atoms. The molecule has 0 saturated heterocycles. The topological polar surface area (TPSA) is 31.4 Å². The van der Waals surface area contributed by atoms with Crippen molar-refractivity contribution >= 4 is 0 Å². The van der Waals surface area contributed by atoms with Crippen LogP contribution in [0.15, 0.2) is 60.8 Å². The average molecular weight is 417 g/mol. The lowest BCUT2D eigenvalue weighted by atomic mass is 10.0. The van der Waals surface area contributed by atoms with Crippen LogP contribution in [-0.4, -0.2) is 17.7 Å². The molecule has 0 unspecified atom stereocenters. The number of hydrogen-bond acceptors (Lipinski definition) is 3. The van der Waals surface area contributed by atoms with Gasteiger partial charge in [0.15, 0.2) is 0 Å². The van der Waals surface area contributed by atoms with E-state index < -0.39 is 30.0 Å². The van der Waals surface area contributed by atoms with Crippen molar-refractivity contribution in [3.05, 3.63) is 66.6 Å². The standard InChI is InChI=1S/C19H10F7NO2/c20-16-9-13(11-3-1-5-14(7-11)28-18(21,22)23)10-27-17(16)12-4-2-6-15(8-12)29-19(24,25)26/h1-10H. The van der Waals surface area contributed by atoms with Crippen molar-refractivity contribution in [2.24, 2.45) is 0 Å². The van der Waals surface area contributed by atoms with Crippen LogP contribution >= 0.6 is 0 Å². The Morgan fingerprint density at radius 3 is 1.69 bits per heavy atom. The van der Waals surface area contributed by atoms with Gasteiger partial charge in [0.25, 0.3) is 0 Å². The fraction of sp³-hybridized carbons (Fsp3) is 0.105. The van der Waals surface area contributed by atoms with Gasteiger partial charge in [-0.2, -0.15) is 0 Å². The fourth-order valence-corrected chi connectivity index (χ4v) is 2.52. The summed E-state index contributed by atoms with van der Waals surface area (Å²) in [6.45, 7) is 0. The zero-order valence-corrected chi connectivity index (χ0v) is 14.2. The van der Waals surface area contributed by atoms with Crippen LogP contribution < -0.4 is 9.47 Å². The van der Waals surface area contributed by atoms with Crippen LogP contribution in [-0.2, 0) is 0 Å². The largest absolute Gasteiger partial charge is 0.573 e. The van der Waals surface area contributed by atoms with Crippen LogP contribution in [0.5, 0.6) is 11.5 Å². The normalized spacial score (nSPS) is 12.0. The van der Waals surface area contributed by atoms with Gasteiger partial charge in [-0.1, -0.05) is 24.3 Å². The third-order valence-electron chi connectivity index (χ3n) is 3.58. The Morgan fingerprint density at radius 2 is 1.17 bits per heavy atom. The Labute approximate surface area is 159 Å². The molecule has 152 valence electrons. The van der Waals surface area contributed by atoms with E-state index in [0.29, 0.717) is 0 Å². The zero-order chi connectivity index (χ0) is 21.2. The molecule has 0 aliphatic carbocycles. The van der Waals surface area contributed by atoms with E-state index in [1.165, 1.54) is 30.5 Å². The van der Waals surface area contributed by atoms with Gasteiger partial charge in [0.1, 0.15) is 23.0 Å². The highest BCUT2D eigenvalue weighted by Crippen LogP contribution is 2.32. The minimum absolute atomic E-state index is 0.0324. The Bertz CT molecular complexity index is 1020. The maximum absolute atomic E-state index is 14.5. The van der Waals surface area contributed by atoms with E-state index >= 15 is 0 Å². The van der Waals surface area contributed by atoms with Gasteiger partial charge in [0.05, 0.1) is 0 Å². The van der Waals surface area contributed by atoms with Crippen molar-refractivity contribution in [1.29, 1.82) is 0 Å². The molecule has 3 nitrogen and oxygen atoms in total. The van der Waals surface area contributed by atoms with Crippen molar-refractivity contribution < 1.29 is 40.2 Å². The number of halogens is 7. The van der Waals surface area contributed by atoms with E-state index in [2.05, 4.69) is 14.5 Å². The lowest BCUT2D eigenvalue weighted by Crippen LogP contribution is -2.17. The molecule has 0 radical (unpaired) electrons. The summed E-state index contributed by atoms with van der Waals surface area (Å²) in [6.07, 6.45) is -8.60. The van der Waals surface area contributed by atoms with E-state index in [1.807, 2.05) is 0 Å². The highest BCUT2D eigenvalue weighted by atomic mass is 19.4. The van der Waals surface area contributed by atoms with Gasteiger partial charge in [-0.15, -0.1) is 26.3 Å². The van der Waals surface area contributed by atoms with E-state index in [0.717, 1.165) is 30.3 Å². The van der Waals surface area contributed by atoms with Gasteiger partial charge in [-0.05, 0) is 35.9 Å². The van der Waals surface area contributed by atoms with Gasteiger partial charge in [-0.25, -0.2) is 4.39 Å². The van der Waals surface area contributed by atoms with Crippen molar-refractivity contribution in [3.63, 3.8) is 0 Å². The van der Waals surface area contributed by atoms with Crippen molar-refractivity contribution in [2.75, 3.05) is 0 Å². The Balaban J connectivity index is 1.90. The van der Waals surface area contributed by atoms with E-state index in [1.54, 1.807) is 0 Å². The molecule has 0 aliphatic rings. The second kappa shape index (κ2) is 7.61. The zero-order valence-electron chi connectivity index (χ0n) is 14.2. The van der Waals surface area contributed by atoms with Crippen molar-refractivity contribution in [3.8, 4) is 33.9 Å². The molecule has 0 saturated carbocycles. The molecular formula is C19H10F7NO2. The minimum atomic E-state index is -4.90. The molecule has 1 heterocycles. The quantitative estimate of drug-likeness (QED) is 0.464. The van der Waals surface area contributed by atoms with E-state index in [9.17, 15) is 30.7 Å². The number of pyridine rings is 1. The summed E-state index contributed by atoms with van der Waals surface area (Å²) in [5.41, 5.74) is 0.148. The lowest BCUT2D eigenvalue weighted by Gasteiger charge is -2.12. The number of benzene rings is 2. The smallest absolute Gasteiger partial charge is 0.406 e. The molecule has 2 aromatic carbocycles. The molecule has 0 atom stereocenters. The van der Waals surface area contributed by atoms with Crippen LogP contribution in [0.3, 0.4) is 0 Å². The molecule has 3 aromatic rings. The minimum Gasteiger partial charge on any atom is -0.406 e. The second-order valence-corrected chi connectivity index (χ2v) is 5.71. The third-order valence-corrected chi connectivity index (χ3v) is 3.58. The molecular weight excluding hydrogens is 407 g/mol. The van der Waals surface area contributed by atoms with Crippen LogP contribution in [0.4, 0.5) is 30.7 Å². The number of ether oxygens (including phenoxy) is 2. The van der Waals surface area contributed by atoms with Crippen LogP contribution in [0.25, 0.3) is 22.4 Å². The van der Waals surface area contributed by atoms with Gasteiger partial charge < -0.3 is 9.47 Å². The molecule has 1 aromatic heterocycles. The van der Waals surface area contributed by atoms with Gasteiger partial charge in [0.2, 0.25) is 0 Å². The Morgan fingerprint density at radius 1 is 0.655 bits per heavy atom. The number of aromatic nitrogens is 1. The predicted octanol–water partition coefficient (Wildman–Crippen LogP) is 6.35. The fourth-order valence-electron chi connectivity index (χ4n) is 2.52. The first-order chi connectivity index (χ1) is 13.5. The number of rotatable bonds is 4. The second-order valence-electron chi connectivity index (χ2n) is 5.71. The highest BCUT2D eigenvalue weighted by molar-refractivity contribution is 5.69. The van der Waals surface area contributed by atoms with Gasteiger partial charge >= 0.3 is 12.7 Å². The van der Waals surface area contributed by atoms with Gasteiger partial charge in [-0.3, -0.25) is 4.98 Å². The molecule has 0 spiro atoms. The maximum atomic E-state index is 14.5. The number of nitrogens with zero attached hydrogens (tertiary/aromatic N) is 1. The van der Waals surface area contributed by atoms with Crippen molar-refractivity contribution in [1.82, 2.24) is 4.98 Å². The van der Waals surface area contributed by atoms with Crippen LogP contribution in [0.2, 0.25) is 0 Å². The predicted molar refractivity (Wildman–Crippen MR) is 88.4 cm³/mol. The number of alkyl halides is 6. The monoisotopic (exact) mass is 417 g/mol. The summed E-state index contributed by atoms with van der Waals surface area (Å²) in [5.74, 6) is -1.91. The molecule has 0 aliphatic heterocycles. The molecule has 0 N–H and O–H groups in total.